The van der Waals surface area contributed by atoms with Crippen molar-refractivity contribution >= 4 is 40.3 Å². The Morgan fingerprint density at radius 1 is 0.966 bits per heavy atom. The van der Waals surface area contributed by atoms with Crippen LogP contribution in [0.2, 0.25) is 0 Å². The number of nitrogens with zero attached hydrogens (tertiary/aromatic N) is 5. The Morgan fingerprint density at radius 3 is 2.47 bits per heavy atom. The van der Waals surface area contributed by atoms with Gasteiger partial charge in [0, 0.05) is 87.1 Å². The van der Waals surface area contributed by atoms with Crippen molar-refractivity contribution in [2.45, 2.75) is 103 Å². The van der Waals surface area contributed by atoms with Gasteiger partial charge in [-0.05, 0) is 80.5 Å². The summed E-state index contributed by atoms with van der Waals surface area (Å²) in [6.07, 6.45) is 3.82. The quantitative estimate of drug-likeness (QED) is 0.107. The SMILES string of the molecule is Cc1cc(-c2ccc3nc(C4CCN(C(=O)CCCCCCCNc5cccc6c5CN(C5CCC(=O)NC5=O)C6=O)CC4)n(CCOC(F)(F)F)c3c2)cn(C)c1=O. The predicted molar refractivity (Wildman–Crippen MR) is 214 cm³/mol. The Kier molecular flexibility index (Phi) is 12.5. The van der Waals surface area contributed by atoms with E-state index in [2.05, 4.69) is 15.4 Å². The summed E-state index contributed by atoms with van der Waals surface area (Å²) in [5, 5.41) is 5.79. The Labute approximate surface area is 339 Å². The molecule has 2 saturated heterocycles. The zero-order valence-corrected chi connectivity index (χ0v) is 33.4. The number of likely N-dealkylation sites (tertiary alicyclic amines) is 1. The van der Waals surface area contributed by atoms with Gasteiger partial charge >= 0.3 is 6.36 Å². The third-order valence-electron chi connectivity index (χ3n) is 11.7. The maximum absolute atomic E-state index is 13.2. The summed E-state index contributed by atoms with van der Waals surface area (Å²) >= 11 is 0. The molecule has 2 aromatic heterocycles. The van der Waals surface area contributed by atoms with Crippen LogP contribution in [0.3, 0.4) is 0 Å². The van der Waals surface area contributed by atoms with E-state index in [4.69, 9.17) is 4.98 Å². The summed E-state index contributed by atoms with van der Waals surface area (Å²) in [5.41, 5.74) is 5.75. The Bertz CT molecular complexity index is 2270. The standard InChI is InChI=1S/C43H50F3N7O6/c1-27-23-30(25-50(2)41(27)57)29-12-13-34-36(24-29)52(21-22-59-43(44,45)46)39(48-34)28-16-19-51(20-17-28)38(55)11-6-4-3-5-7-18-47-33-10-8-9-31-32(33)26-53(42(31)58)35-14-15-37(54)49-40(35)56/h8-10,12-13,23-25,28,35,47H,3-7,11,14-22,26H2,1-2H3,(H,49,54,56). The number of nitrogens with one attached hydrogen (secondary N) is 2. The molecule has 7 rings (SSSR count). The number of hydrogen-bond acceptors (Lipinski definition) is 8. The average molecular weight is 818 g/mol. The minimum absolute atomic E-state index is 0.0449. The number of ether oxygens (including phenoxy) is 1. The van der Waals surface area contributed by atoms with Gasteiger partial charge in [-0.3, -0.25) is 34.0 Å². The first-order valence-corrected chi connectivity index (χ1v) is 20.4. The molecular formula is C43H50F3N7O6. The number of anilines is 1. The molecule has 2 fully saturated rings. The van der Waals surface area contributed by atoms with Crippen LogP contribution >= 0.6 is 0 Å². The van der Waals surface area contributed by atoms with Crippen LogP contribution in [-0.2, 0) is 39.3 Å². The molecule has 0 bridgehead atoms. The number of unbranched alkanes of at least 4 members (excludes halogenated alkanes) is 4. The third-order valence-corrected chi connectivity index (χ3v) is 11.7. The number of aryl methyl sites for hydroxylation is 2. The molecule has 314 valence electrons. The van der Waals surface area contributed by atoms with Crippen LogP contribution < -0.4 is 16.2 Å². The van der Waals surface area contributed by atoms with Crippen LogP contribution in [0.25, 0.3) is 22.2 Å². The first kappa shape index (κ1) is 41.6. The number of benzene rings is 2. The van der Waals surface area contributed by atoms with E-state index in [0.29, 0.717) is 73.3 Å². The lowest BCUT2D eigenvalue weighted by Crippen LogP contribution is -2.52. The number of imidazole rings is 1. The number of hydrogen-bond donors (Lipinski definition) is 2. The molecule has 3 aliphatic heterocycles. The summed E-state index contributed by atoms with van der Waals surface area (Å²) in [4.78, 5) is 70.9. The van der Waals surface area contributed by atoms with Crippen LogP contribution in [0.15, 0.2) is 53.5 Å². The number of carbonyl (C=O) groups is 4. The van der Waals surface area contributed by atoms with Gasteiger partial charge in [-0.15, -0.1) is 13.2 Å². The molecule has 2 N–H and O–H groups in total. The van der Waals surface area contributed by atoms with E-state index in [0.717, 1.165) is 61.0 Å². The molecule has 0 radical (unpaired) electrons. The molecule has 0 aliphatic carbocycles. The van der Waals surface area contributed by atoms with E-state index in [9.17, 15) is 37.1 Å². The number of halogens is 3. The fraction of sp³-hybridized carbons (Fsp3) is 0.488. The molecule has 13 nitrogen and oxygen atoms in total. The smallest absolute Gasteiger partial charge is 0.385 e. The summed E-state index contributed by atoms with van der Waals surface area (Å²) in [5.74, 6) is -0.200. The Morgan fingerprint density at radius 2 is 1.73 bits per heavy atom. The molecule has 0 saturated carbocycles. The third kappa shape index (κ3) is 9.53. The number of piperidine rings is 2. The minimum Gasteiger partial charge on any atom is -0.385 e. The highest BCUT2D eigenvalue weighted by atomic mass is 19.4. The van der Waals surface area contributed by atoms with Gasteiger partial charge < -0.3 is 24.3 Å². The lowest BCUT2D eigenvalue weighted by Gasteiger charge is -2.32. The minimum atomic E-state index is -4.75. The second-order valence-corrected chi connectivity index (χ2v) is 15.8. The Balaban J connectivity index is 0.864. The maximum Gasteiger partial charge on any atom is 0.522 e. The van der Waals surface area contributed by atoms with Crippen molar-refractivity contribution in [3.8, 4) is 11.1 Å². The number of aromatic nitrogens is 3. The van der Waals surface area contributed by atoms with Gasteiger partial charge in [-0.2, -0.15) is 0 Å². The van der Waals surface area contributed by atoms with Gasteiger partial charge in [0.25, 0.3) is 11.5 Å². The van der Waals surface area contributed by atoms with E-state index >= 15 is 0 Å². The van der Waals surface area contributed by atoms with Crippen LogP contribution in [0, 0.1) is 6.92 Å². The van der Waals surface area contributed by atoms with Gasteiger partial charge in [0.2, 0.25) is 17.7 Å². The number of rotatable bonds is 15. The normalized spacial score (nSPS) is 17.5. The molecule has 16 heteroatoms. The van der Waals surface area contributed by atoms with Crippen LogP contribution in [0.1, 0.15) is 97.4 Å². The van der Waals surface area contributed by atoms with Crippen molar-refractivity contribution in [1.82, 2.24) is 29.2 Å². The van der Waals surface area contributed by atoms with Crippen molar-refractivity contribution in [3.63, 3.8) is 0 Å². The number of alkyl halides is 3. The largest absolute Gasteiger partial charge is 0.522 e. The zero-order valence-electron chi connectivity index (χ0n) is 33.4. The van der Waals surface area contributed by atoms with Crippen molar-refractivity contribution in [2.75, 3.05) is 31.6 Å². The van der Waals surface area contributed by atoms with E-state index in [1.807, 2.05) is 39.8 Å². The van der Waals surface area contributed by atoms with E-state index in [1.54, 1.807) is 37.2 Å². The molecule has 59 heavy (non-hydrogen) atoms. The zero-order chi connectivity index (χ0) is 41.8. The molecule has 2 aromatic carbocycles. The summed E-state index contributed by atoms with van der Waals surface area (Å²) in [6.45, 7) is 3.25. The van der Waals surface area contributed by atoms with Crippen molar-refractivity contribution < 1.29 is 37.1 Å². The first-order chi connectivity index (χ1) is 28.3. The van der Waals surface area contributed by atoms with E-state index in [1.165, 1.54) is 4.57 Å². The van der Waals surface area contributed by atoms with Crippen LogP contribution in [0.5, 0.6) is 0 Å². The second kappa shape index (κ2) is 17.8. The molecule has 3 aliphatic rings. The molecule has 5 heterocycles. The average Bonchev–Trinajstić information content (AvgIpc) is 3.74. The topological polar surface area (TPSA) is 148 Å². The van der Waals surface area contributed by atoms with Crippen LogP contribution in [0.4, 0.5) is 18.9 Å². The number of amides is 4. The van der Waals surface area contributed by atoms with Crippen molar-refractivity contribution in [1.29, 1.82) is 0 Å². The second-order valence-electron chi connectivity index (χ2n) is 15.8. The number of carbonyl (C=O) groups excluding carboxylic acids is 4. The van der Waals surface area contributed by atoms with Gasteiger partial charge in [-0.1, -0.05) is 31.4 Å². The van der Waals surface area contributed by atoms with Gasteiger partial charge in [-0.25, -0.2) is 4.98 Å². The van der Waals surface area contributed by atoms with E-state index < -0.39 is 24.9 Å². The summed E-state index contributed by atoms with van der Waals surface area (Å²) in [6, 6.07) is 12.3. The summed E-state index contributed by atoms with van der Waals surface area (Å²) < 4.78 is 46.4. The van der Waals surface area contributed by atoms with E-state index in [-0.39, 0.29) is 42.2 Å². The highest BCUT2D eigenvalue weighted by Gasteiger charge is 2.40. The van der Waals surface area contributed by atoms with Gasteiger partial charge in [0.15, 0.2) is 0 Å². The highest BCUT2D eigenvalue weighted by molar-refractivity contribution is 6.06. The molecule has 4 aromatic rings. The molecule has 1 unspecified atom stereocenters. The van der Waals surface area contributed by atoms with Gasteiger partial charge in [0.05, 0.1) is 17.6 Å². The number of fused-ring (bicyclic) bond motifs is 2. The Hall–Kier alpha value is -5.51. The lowest BCUT2D eigenvalue weighted by molar-refractivity contribution is -0.325. The fourth-order valence-electron chi connectivity index (χ4n) is 8.61. The monoisotopic (exact) mass is 817 g/mol. The fourth-order valence-corrected chi connectivity index (χ4v) is 8.61. The highest BCUT2D eigenvalue weighted by Crippen LogP contribution is 2.34. The maximum atomic E-state index is 13.2. The van der Waals surface area contributed by atoms with Crippen molar-refractivity contribution in [2.24, 2.45) is 7.05 Å². The van der Waals surface area contributed by atoms with Gasteiger partial charge in [0.1, 0.15) is 11.9 Å². The van der Waals surface area contributed by atoms with Crippen LogP contribution in [-0.4, -0.2) is 86.2 Å². The molecule has 0 spiro atoms. The molecule has 4 amide bonds. The number of pyridine rings is 1. The number of imide groups is 1. The first-order valence-electron chi connectivity index (χ1n) is 20.4. The lowest BCUT2D eigenvalue weighted by atomic mass is 9.95. The predicted octanol–water partition coefficient (Wildman–Crippen LogP) is 6.17. The molecule has 1 atom stereocenters. The van der Waals surface area contributed by atoms with Crippen molar-refractivity contribution in [3.05, 3.63) is 81.5 Å². The molecular weight excluding hydrogens is 768 g/mol. The summed E-state index contributed by atoms with van der Waals surface area (Å²) in [7, 11) is 1.68.